The zero-order valence-electron chi connectivity index (χ0n) is 19.2. The van der Waals surface area contributed by atoms with Crippen LogP contribution in [0.5, 0.6) is 0 Å². The summed E-state index contributed by atoms with van der Waals surface area (Å²) in [5.74, 6) is 0. The van der Waals surface area contributed by atoms with E-state index in [0.717, 1.165) is 0 Å². The van der Waals surface area contributed by atoms with Crippen LogP contribution in [0.15, 0.2) is 0 Å². The average molecular weight is 404 g/mol. The fraction of sp³-hybridized carbons (Fsp3) is 1.00. The molecular weight excluding hydrogens is 352 g/mol. The molecule has 3 aliphatic carbocycles. The maximum atomic E-state index is 1.63. The Hall–Kier alpha value is 0.217. The lowest BCUT2D eigenvalue weighted by Crippen LogP contribution is -2.33. The highest BCUT2D eigenvalue weighted by Crippen LogP contribution is 2.47. The van der Waals surface area contributed by atoms with Crippen LogP contribution < -0.4 is 0 Å². The van der Waals surface area contributed by atoms with Crippen molar-refractivity contribution in [1.29, 1.82) is 0 Å². The molecule has 0 unspecified atom stereocenters. The minimum Gasteiger partial charge on any atom is -0.0533 e. The topological polar surface area (TPSA) is 0 Å². The molecule has 28 heavy (non-hydrogen) atoms. The molecule has 0 aromatic heterocycles. The molecule has 0 aliphatic heterocycles. The van der Waals surface area contributed by atoms with Gasteiger partial charge in [0.25, 0.3) is 0 Å². The predicted molar refractivity (Wildman–Crippen MR) is 128 cm³/mol. The van der Waals surface area contributed by atoms with Gasteiger partial charge in [-0.3, -0.25) is 0 Å². The Balaban J connectivity index is 1.75. The molecule has 3 fully saturated rings. The van der Waals surface area contributed by atoms with E-state index in [1.807, 2.05) is 0 Å². The van der Waals surface area contributed by atoms with Crippen LogP contribution in [0.4, 0.5) is 0 Å². The molecule has 1 radical (unpaired) electrons. The van der Waals surface area contributed by atoms with Gasteiger partial charge in [-0.15, -0.1) is 0 Å². The van der Waals surface area contributed by atoms with E-state index in [1.54, 1.807) is 116 Å². The van der Waals surface area contributed by atoms with Gasteiger partial charge in [0.1, 0.15) is 0 Å². The molecule has 3 aliphatic rings. The van der Waals surface area contributed by atoms with Gasteiger partial charge in [-0.25, -0.2) is 0 Å². The highest BCUT2D eigenvalue weighted by Gasteiger charge is 2.36. The van der Waals surface area contributed by atoms with Crippen LogP contribution in [0.2, 0.25) is 16.6 Å². The summed E-state index contributed by atoms with van der Waals surface area (Å²) >= 11 is 0. The van der Waals surface area contributed by atoms with Gasteiger partial charge in [0.05, 0.1) is 8.80 Å². The van der Waals surface area contributed by atoms with Crippen LogP contribution in [0.25, 0.3) is 0 Å². The third kappa shape index (κ3) is 8.15. The summed E-state index contributed by atoms with van der Waals surface area (Å²) in [5.41, 5.74) is 3.54. The summed E-state index contributed by atoms with van der Waals surface area (Å²) in [4.78, 5) is 0. The first-order valence-corrected chi connectivity index (χ1v) is 15.5. The van der Waals surface area contributed by atoms with Gasteiger partial charge in [-0.05, 0) is 16.6 Å². The minimum atomic E-state index is -0.211. The van der Waals surface area contributed by atoms with Gasteiger partial charge in [0, 0.05) is 0 Å². The predicted octanol–water partition coefficient (Wildman–Crippen LogP) is 9.99. The Bertz CT molecular complexity index is 291. The lowest BCUT2D eigenvalue weighted by Gasteiger charge is -2.39. The van der Waals surface area contributed by atoms with E-state index in [2.05, 4.69) is 0 Å². The number of hydrogen-bond donors (Lipinski definition) is 0. The van der Waals surface area contributed by atoms with Crippen molar-refractivity contribution in [2.45, 2.75) is 171 Å². The van der Waals surface area contributed by atoms with Gasteiger partial charge in [0.2, 0.25) is 0 Å². The van der Waals surface area contributed by atoms with Crippen LogP contribution in [0.1, 0.15) is 154 Å². The second-order valence-corrected chi connectivity index (χ2v) is 14.1. The van der Waals surface area contributed by atoms with Gasteiger partial charge in [-0.1, -0.05) is 154 Å². The highest BCUT2D eigenvalue weighted by molar-refractivity contribution is 6.63. The van der Waals surface area contributed by atoms with Crippen LogP contribution in [0, 0.1) is 0 Å². The van der Waals surface area contributed by atoms with E-state index >= 15 is 0 Å². The molecule has 1 heteroatoms. The van der Waals surface area contributed by atoms with Crippen molar-refractivity contribution >= 4 is 8.80 Å². The lowest BCUT2D eigenvalue weighted by molar-refractivity contribution is 0.524. The van der Waals surface area contributed by atoms with Gasteiger partial charge in [0.15, 0.2) is 0 Å². The SMILES string of the molecule is C1CCCCC([Si](C2CCCCCCCC2)C2CCCCCCCC2)CCC1. The summed E-state index contributed by atoms with van der Waals surface area (Å²) < 4.78 is 0. The van der Waals surface area contributed by atoms with Gasteiger partial charge < -0.3 is 0 Å². The second kappa shape index (κ2) is 14.3. The average Bonchev–Trinajstić information content (AvgIpc) is 3.00. The van der Waals surface area contributed by atoms with Crippen molar-refractivity contribution < 1.29 is 0 Å². The quantitative estimate of drug-likeness (QED) is 0.411. The fourth-order valence-corrected chi connectivity index (χ4v) is 12.1. The van der Waals surface area contributed by atoms with E-state index in [9.17, 15) is 0 Å². The summed E-state index contributed by atoms with van der Waals surface area (Å²) in [6.45, 7) is 0. The fourth-order valence-electron chi connectivity index (χ4n) is 6.90. The maximum absolute atomic E-state index is 1.63. The van der Waals surface area contributed by atoms with Crippen molar-refractivity contribution in [1.82, 2.24) is 0 Å². The van der Waals surface area contributed by atoms with Crippen LogP contribution >= 0.6 is 0 Å². The Morgan fingerprint density at radius 2 is 0.429 bits per heavy atom. The molecule has 3 saturated carbocycles. The smallest absolute Gasteiger partial charge is 0.0533 e. The molecule has 3 rings (SSSR count). The molecule has 0 nitrogen and oxygen atoms in total. The minimum absolute atomic E-state index is 0.211. The van der Waals surface area contributed by atoms with Gasteiger partial charge in [-0.2, -0.15) is 0 Å². The highest BCUT2D eigenvalue weighted by atomic mass is 28.3. The number of rotatable bonds is 3. The number of hydrogen-bond acceptors (Lipinski definition) is 0. The molecule has 163 valence electrons. The molecule has 0 aromatic carbocycles. The van der Waals surface area contributed by atoms with E-state index in [4.69, 9.17) is 0 Å². The van der Waals surface area contributed by atoms with Crippen LogP contribution in [0.3, 0.4) is 0 Å². The molecule has 0 amide bonds. The van der Waals surface area contributed by atoms with Crippen molar-refractivity contribution in [3.05, 3.63) is 0 Å². The maximum Gasteiger partial charge on any atom is 0.0578 e. The first-order valence-electron chi connectivity index (χ1n) is 13.8. The van der Waals surface area contributed by atoms with Crippen LogP contribution in [-0.2, 0) is 0 Å². The molecule has 0 spiro atoms. The Labute approximate surface area is 179 Å². The van der Waals surface area contributed by atoms with Crippen LogP contribution in [-0.4, -0.2) is 8.80 Å². The third-order valence-electron chi connectivity index (χ3n) is 8.48. The summed E-state index contributed by atoms with van der Waals surface area (Å²) in [6, 6.07) is 0. The van der Waals surface area contributed by atoms with Crippen molar-refractivity contribution in [3.8, 4) is 0 Å². The molecule has 0 N–H and O–H groups in total. The van der Waals surface area contributed by atoms with Crippen molar-refractivity contribution in [2.75, 3.05) is 0 Å². The van der Waals surface area contributed by atoms with E-state index < -0.39 is 0 Å². The van der Waals surface area contributed by atoms with E-state index in [-0.39, 0.29) is 8.80 Å². The zero-order chi connectivity index (χ0) is 19.3. The molecule has 0 bridgehead atoms. The largest absolute Gasteiger partial charge is 0.0578 e. The van der Waals surface area contributed by atoms with Crippen molar-refractivity contribution in [2.24, 2.45) is 0 Å². The zero-order valence-corrected chi connectivity index (χ0v) is 20.2. The standard InChI is InChI=1S/C27H51Si/c1-2-8-14-20-25(19-13-7-1)28(26-21-15-9-3-4-10-16-22-26)27-23-17-11-5-6-12-18-24-27/h25-27H,1-24H2. The van der Waals surface area contributed by atoms with E-state index in [1.165, 1.54) is 55.1 Å². The molecule has 0 atom stereocenters. The second-order valence-electron chi connectivity index (χ2n) is 10.7. The van der Waals surface area contributed by atoms with Gasteiger partial charge >= 0.3 is 0 Å². The molecule has 0 heterocycles. The Morgan fingerprint density at radius 1 is 0.250 bits per heavy atom. The molecule has 0 saturated heterocycles. The molecule has 0 aromatic rings. The summed E-state index contributed by atoms with van der Waals surface area (Å²) in [6.07, 6.45) is 37.6. The Kier molecular flexibility index (Phi) is 11.7. The molecular formula is C27H51Si. The monoisotopic (exact) mass is 403 g/mol. The lowest BCUT2D eigenvalue weighted by atomic mass is 10.1. The summed E-state index contributed by atoms with van der Waals surface area (Å²) in [7, 11) is -0.211. The normalized spacial score (nSPS) is 27.3. The third-order valence-corrected chi connectivity index (χ3v) is 13.0. The summed E-state index contributed by atoms with van der Waals surface area (Å²) in [5, 5.41) is 0. The first-order chi connectivity index (χ1) is 13.9. The Morgan fingerprint density at radius 3 is 0.643 bits per heavy atom. The first kappa shape index (κ1) is 22.9. The van der Waals surface area contributed by atoms with Crippen molar-refractivity contribution in [3.63, 3.8) is 0 Å². The van der Waals surface area contributed by atoms with E-state index in [0.29, 0.717) is 0 Å².